The van der Waals surface area contributed by atoms with Gasteiger partial charge in [0.2, 0.25) is 0 Å². The molecule has 0 spiro atoms. The van der Waals surface area contributed by atoms with Gasteiger partial charge in [0.1, 0.15) is 6.10 Å². The third-order valence-corrected chi connectivity index (χ3v) is 7.18. The van der Waals surface area contributed by atoms with Gasteiger partial charge in [-0.25, -0.2) is 0 Å². The minimum Gasteiger partial charge on any atom is -0.462 e. The standard InChI is InChI=1S/C18H28O5/c1-17-7-6-14-18(2,10-21-16(23-14)9-20-3)13(17)5-4-12-11(17)8-15(19)22-12/h11-14,16H,4-10H2,1-3H3/t11-,12-,13+,14-,16-,17+,18-/m1/s1. The third-order valence-electron chi connectivity index (χ3n) is 7.18. The Morgan fingerprint density at radius 3 is 2.83 bits per heavy atom. The molecule has 5 heteroatoms. The zero-order valence-corrected chi connectivity index (χ0v) is 14.4. The summed E-state index contributed by atoms with van der Waals surface area (Å²) in [5, 5.41) is 0. The first kappa shape index (κ1) is 15.9. The van der Waals surface area contributed by atoms with Crippen LogP contribution in [-0.4, -0.2) is 44.8 Å². The summed E-state index contributed by atoms with van der Waals surface area (Å²) in [4.78, 5) is 11.8. The van der Waals surface area contributed by atoms with Gasteiger partial charge in [-0.3, -0.25) is 4.79 Å². The van der Waals surface area contributed by atoms with Gasteiger partial charge in [0.05, 0.1) is 25.7 Å². The first-order chi connectivity index (χ1) is 11.0. The molecule has 0 unspecified atom stereocenters. The summed E-state index contributed by atoms with van der Waals surface area (Å²) in [6, 6.07) is 0. The highest BCUT2D eigenvalue weighted by Gasteiger charge is 2.63. The molecule has 5 nitrogen and oxygen atoms in total. The van der Waals surface area contributed by atoms with E-state index in [1.54, 1.807) is 7.11 Å². The Morgan fingerprint density at radius 1 is 1.22 bits per heavy atom. The fourth-order valence-corrected chi connectivity index (χ4v) is 6.02. The van der Waals surface area contributed by atoms with Crippen LogP contribution in [0.2, 0.25) is 0 Å². The number of hydrogen-bond donors (Lipinski definition) is 0. The first-order valence-corrected chi connectivity index (χ1v) is 8.93. The molecular formula is C18H28O5. The summed E-state index contributed by atoms with van der Waals surface area (Å²) in [7, 11) is 1.68. The molecule has 23 heavy (non-hydrogen) atoms. The predicted octanol–water partition coefficient (Wildman–Crippen LogP) is 2.52. The first-order valence-electron chi connectivity index (χ1n) is 8.93. The van der Waals surface area contributed by atoms with Gasteiger partial charge in [-0.1, -0.05) is 13.8 Å². The Bertz CT molecular complexity index is 494. The van der Waals surface area contributed by atoms with E-state index in [-0.39, 0.29) is 35.3 Å². The Kier molecular flexibility index (Phi) is 3.74. The maximum absolute atomic E-state index is 11.8. The molecule has 2 saturated heterocycles. The van der Waals surface area contributed by atoms with E-state index < -0.39 is 0 Å². The van der Waals surface area contributed by atoms with Gasteiger partial charge in [-0.05, 0) is 37.0 Å². The van der Waals surface area contributed by atoms with Gasteiger partial charge in [0.15, 0.2) is 6.29 Å². The molecular weight excluding hydrogens is 296 g/mol. The van der Waals surface area contributed by atoms with Crippen molar-refractivity contribution in [1.82, 2.24) is 0 Å². The number of fused-ring (bicyclic) bond motifs is 5. The number of hydrogen-bond acceptors (Lipinski definition) is 5. The lowest BCUT2D eigenvalue weighted by molar-refractivity contribution is -0.314. The van der Waals surface area contributed by atoms with Crippen molar-refractivity contribution in [2.75, 3.05) is 20.3 Å². The molecule has 0 radical (unpaired) electrons. The summed E-state index contributed by atoms with van der Waals surface area (Å²) in [6.07, 6.45) is 4.93. The maximum Gasteiger partial charge on any atom is 0.306 e. The van der Waals surface area contributed by atoms with Gasteiger partial charge < -0.3 is 18.9 Å². The SMILES string of the molecule is COC[C@@H]1OC[C@]2(C)[C@H]3CC[C@H]4OC(=O)C[C@H]4[C@]3(C)CC[C@H]2O1. The van der Waals surface area contributed by atoms with Crippen molar-refractivity contribution < 1.29 is 23.7 Å². The Hall–Kier alpha value is -0.650. The molecule has 0 aromatic rings. The number of methoxy groups -OCH3 is 1. The van der Waals surface area contributed by atoms with E-state index in [9.17, 15) is 4.79 Å². The number of carbonyl (C=O) groups excluding carboxylic acids is 1. The van der Waals surface area contributed by atoms with Gasteiger partial charge >= 0.3 is 5.97 Å². The predicted molar refractivity (Wildman–Crippen MR) is 82.6 cm³/mol. The minimum atomic E-state index is -0.241. The van der Waals surface area contributed by atoms with E-state index in [1.165, 1.54) is 0 Å². The van der Waals surface area contributed by atoms with Gasteiger partial charge in [-0.2, -0.15) is 0 Å². The van der Waals surface area contributed by atoms with E-state index in [4.69, 9.17) is 18.9 Å². The van der Waals surface area contributed by atoms with Crippen LogP contribution in [0.3, 0.4) is 0 Å². The van der Waals surface area contributed by atoms with Crippen molar-refractivity contribution in [3.63, 3.8) is 0 Å². The van der Waals surface area contributed by atoms with Crippen LogP contribution >= 0.6 is 0 Å². The second-order valence-electron chi connectivity index (χ2n) is 8.34. The van der Waals surface area contributed by atoms with Gasteiger partial charge in [-0.15, -0.1) is 0 Å². The highest BCUT2D eigenvalue weighted by atomic mass is 16.7. The second kappa shape index (κ2) is 5.43. The zero-order valence-electron chi connectivity index (χ0n) is 14.4. The van der Waals surface area contributed by atoms with E-state index >= 15 is 0 Å². The highest BCUT2D eigenvalue weighted by molar-refractivity contribution is 5.72. The average molecular weight is 324 g/mol. The second-order valence-corrected chi connectivity index (χ2v) is 8.34. The molecule has 0 aromatic heterocycles. The molecule has 2 aliphatic heterocycles. The molecule has 0 bridgehead atoms. The number of carbonyl (C=O) groups is 1. The van der Waals surface area contributed by atoms with Crippen molar-refractivity contribution in [1.29, 1.82) is 0 Å². The van der Waals surface area contributed by atoms with Crippen molar-refractivity contribution in [2.45, 2.75) is 64.4 Å². The number of rotatable bonds is 2. The Labute approximate surface area is 138 Å². The molecule has 4 fully saturated rings. The monoisotopic (exact) mass is 324 g/mol. The van der Waals surface area contributed by atoms with Crippen LogP contribution < -0.4 is 0 Å². The normalized spacial score (nSPS) is 52.3. The Balaban J connectivity index is 1.59. The molecule has 4 aliphatic rings. The van der Waals surface area contributed by atoms with Crippen molar-refractivity contribution in [2.24, 2.45) is 22.7 Å². The van der Waals surface area contributed by atoms with E-state index in [2.05, 4.69) is 13.8 Å². The molecule has 0 amide bonds. The largest absolute Gasteiger partial charge is 0.462 e. The summed E-state index contributed by atoms with van der Waals surface area (Å²) in [5.41, 5.74) is 0.176. The van der Waals surface area contributed by atoms with Crippen LogP contribution in [0.4, 0.5) is 0 Å². The lowest BCUT2D eigenvalue weighted by atomic mass is 9.46. The number of esters is 1. The topological polar surface area (TPSA) is 54.0 Å². The fourth-order valence-electron chi connectivity index (χ4n) is 6.02. The molecule has 7 atom stereocenters. The van der Waals surface area contributed by atoms with Crippen molar-refractivity contribution in [3.05, 3.63) is 0 Å². The summed E-state index contributed by atoms with van der Waals surface area (Å²) in [6.45, 7) is 5.90. The quantitative estimate of drug-likeness (QED) is 0.731. The van der Waals surface area contributed by atoms with Gasteiger partial charge in [0.25, 0.3) is 0 Å². The smallest absolute Gasteiger partial charge is 0.306 e. The molecule has 0 aromatic carbocycles. The average Bonchev–Trinajstić information content (AvgIpc) is 2.90. The molecule has 2 heterocycles. The van der Waals surface area contributed by atoms with E-state index in [1.807, 2.05) is 0 Å². The molecule has 2 saturated carbocycles. The molecule has 0 N–H and O–H groups in total. The molecule has 2 aliphatic carbocycles. The van der Waals surface area contributed by atoms with Crippen LogP contribution in [-0.2, 0) is 23.7 Å². The zero-order chi connectivity index (χ0) is 16.2. The van der Waals surface area contributed by atoms with E-state index in [0.29, 0.717) is 24.9 Å². The van der Waals surface area contributed by atoms with Crippen LogP contribution in [0.25, 0.3) is 0 Å². The minimum absolute atomic E-state index is 0.00884. The van der Waals surface area contributed by atoms with Crippen LogP contribution in [0.1, 0.15) is 46.0 Å². The molecule has 4 rings (SSSR count). The molecule has 130 valence electrons. The lowest BCUT2D eigenvalue weighted by Gasteiger charge is -2.62. The fraction of sp³-hybridized carbons (Fsp3) is 0.944. The third kappa shape index (κ3) is 2.27. The Morgan fingerprint density at radius 2 is 2.04 bits per heavy atom. The summed E-state index contributed by atoms with van der Waals surface area (Å²) < 4.78 is 23.0. The van der Waals surface area contributed by atoms with E-state index in [0.717, 1.165) is 32.3 Å². The lowest BCUT2D eigenvalue weighted by Crippen LogP contribution is -2.62. The van der Waals surface area contributed by atoms with Crippen LogP contribution in [0.15, 0.2) is 0 Å². The van der Waals surface area contributed by atoms with Crippen molar-refractivity contribution >= 4 is 5.97 Å². The summed E-state index contributed by atoms with van der Waals surface area (Å²) in [5.74, 6) is 0.877. The van der Waals surface area contributed by atoms with Crippen molar-refractivity contribution in [3.8, 4) is 0 Å². The number of ether oxygens (including phenoxy) is 4. The van der Waals surface area contributed by atoms with Crippen LogP contribution in [0, 0.1) is 22.7 Å². The van der Waals surface area contributed by atoms with Crippen LogP contribution in [0.5, 0.6) is 0 Å². The highest BCUT2D eigenvalue weighted by Crippen LogP contribution is 2.63. The van der Waals surface area contributed by atoms with Gasteiger partial charge in [0, 0.05) is 18.4 Å². The maximum atomic E-state index is 11.8. The summed E-state index contributed by atoms with van der Waals surface area (Å²) >= 11 is 0.